The maximum Gasteiger partial charge on any atom is 0.161 e. The second kappa shape index (κ2) is 6.62. The molecule has 0 amide bonds. The van der Waals surface area contributed by atoms with Gasteiger partial charge in [0.1, 0.15) is 0 Å². The third kappa shape index (κ3) is 3.86. The normalized spacial score (nSPS) is 13.2. The van der Waals surface area contributed by atoms with Crippen LogP contribution in [0.4, 0.5) is 0 Å². The smallest absolute Gasteiger partial charge is 0.161 e. The fourth-order valence-electron chi connectivity index (χ4n) is 2.18. The summed E-state index contributed by atoms with van der Waals surface area (Å²) in [5.74, 6) is 1.50. The maximum absolute atomic E-state index is 5.40. The van der Waals surface area contributed by atoms with Crippen LogP contribution in [-0.4, -0.2) is 20.8 Å². The lowest BCUT2D eigenvalue weighted by Crippen LogP contribution is -2.32. The van der Waals surface area contributed by atoms with Gasteiger partial charge in [0, 0.05) is 10.5 Å². The second-order valence-corrected chi connectivity index (χ2v) is 6.44. The summed E-state index contributed by atoms with van der Waals surface area (Å²) in [6, 6.07) is 4.25. The van der Waals surface area contributed by atoms with Crippen LogP contribution in [0.25, 0.3) is 0 Å². The molecule has 0 aliphatic heterocycles. The number of ether oxygens (including phenoxy) is 2. The Kier molecular flexibility index (Phi) is 5.68. The first-order valence-corrected chi connectivity index (χ1v) is 7.29. The first-order chi connectivity index (χ1) is 8.85. The molecule has 108 valence electrons. The van der Waals surface area contributed by atoms with Crippen LogP contribution in [0.15, 0.2) is 16.6 Å². The van der Waals surface area contributed by atoms with Crippen molar-refractivity contribution in [2.24, 2.45) is 5.41 Å². The molecule has 0 saturated carbocycles. The Balaban J connectivity index is 3.30. The molecule has 0 fully saturated rings. The summed E-state index contributed by atoms with van der Waals surface area (Å²) in [6.07, 6.45) is 0. The van der Waals surface area contributed by atoms with Gasteiger partial charge in [-0.25, -0.2) is 0 Å². The number of methoxy groups -OCH3 is 2. The second-order valence-electron chi connectivity index (χ2n) is 5.59. The molecule has 1 aromatic rings. The molecule has 1 aromatic carbocycles. The van der Waals surface area contributed by atoms with Crippen molar-refractivity contribution in [3.63, 3.8) is 0 Å². The SMILES string of the molecule is CCNC(c1cc(OC)c(OC)cc1Br)C(C)(C)C. The molecule has 0 heterocycles. The fraction of sp³-hybridized carbons (Fsp3) is 0.600. The molecule has 1 N–H and O–H groups in total. The van der Waals surface area contributed by atoms with Crippen LogP contribution >= 0.6 is 15.9 Å². The van der Waals surface area contributed by atoms with Gasteiger partial charge in [-0.3, -0.25) is 0 Å². The molecule has 0 saturated heterocycles. The van der Waals surface area contributed by atoms with Crippen molar-refractivity contribution in [1.29, 1.82) is 0 Å². The predicted octanol–water partition coefficient (Wildman–Crippen LogP) is 4.16. The van der Waals surface area contributed by atoms with Gasteiger partial charge >= 0.3 is 0 Å². The van der Waals surface area contributed by atoms with Crippen LogP contribution in [0.5, 0.6) is 11.5 Å². The molecule has 3 nitrogen and oxygen atoms in total. The van der Waals surface area contributed by atoms with Crippen molar-refractivity contribution in [3.8, 4) is 11.5 Å². The number of hydrogen-bond acceptors (Lipinski definition) is 3. The van der Waals surface area contributed by atoms with E-state index in [-0.39, 0.29) is 11.5 Å². The molecule has 1 rings (SSSR count). The minimum atomic E-state index is 0.109. The van der Waals surface area contributed by atoms with E-state index in [1.165, 1.54) is 5.56 Å². The number of rotatable bonds is 5. The first kappa shape index (κ1) is 16.3. The molecule has 0 bridgehead atoms. The number of halogens is 1. The van der Waals surface area contributed by atoms with Crippen molar-refractivity contribution in [2.75, 3.05) is 20.8 Å². The Morgan fingerprint density at radius 1 is 1.16 bits per heavy atom. The Morgan fingerprint density at radius 3 is 2.11 bits per heavy atom. The van der Waals surface area contributed by atoms with Crippen LogP contribution in [0, 0.1) is 5.41 Å². The zero-order valence-electron chi connectivity index (χ0n) is 12.6. The third-order valence-corrected chi connectivity index (χ3v) is 3.77. The van der Waals surface area contributed by atoms with Crippen molar-refractivity contribution < 1.29 is 9.47 Å². The Labute approximate surface area is 124 Å². The average molecular weight is 330 g/mol. The van der Waals surface area contributed by atoms with Gasteiger partial charge in [0.15, 0.2) is 11.5 Å². The quantitative estimate of drug-likeness (QED) is 0.879. The van der Waals surface area contributed by atoms with Crippen molar-refractivity contribution in [3.05, 3.63) is 22.2 Å². The summed E-state index contributed by atoms with van der Waals surface area (Å²) in [4.78, 5) is 0. The van der Waals surface area contributed by atoms with Crippen molar-refractivity contribution in [1.82, 2.24) is 5.32 Å². The van der Waals surface area contributed by atoms with Crippen LogP contribution in [0.2, 0.25) is 0 Å². The van der Waals surface area contributed by atoms with Gasteiger partial charge in [0.05, 0.1) is 14.2 Å². The lowest BCUT2D eigenvalue weighted by Gasteiger charge is -2.33. The van der Waals surface area contributed by atoms with Crippen LogP contribution in [0.3, 0.4) is 0 Å². The van der Waals surface area contributed by atoms with Gasteiger partial charge in [-0.15, -0.1) is 0 Å². The molecule has 4 heteroatoms. The maximum atomic E-state index is 5.40. The molecular formula is C15H24BrNO2. The lowest BCUT2D eigenvalue weighted by atomic mass is 9.82. The molecule has 0 radical (unpaired) electrons. The zero-order valence-corrected chi connectivity index (χ0v) is 14.2. The molecule has 19 heavy (non-hydrogen) atoms. The largest absolute Gasteiger partial charge is 0.493 e. The Morgan fingerprint density at radius 2 is 1.68 bits per heavy atom. The summed E-state index contributed by atoms with van der Waals surface area (Å²) < 4.78 is 11.8. The summed E-state index contributed by atoms with van der Waals surface area (Å²) in [7, 11) is 3.31. The van der Waals surface area contributed by atoms with Crippen LogP contribution in [0.1, 0.15) is 39.3 Å². The van der Waals surface area contributed by atoms with E-state index in [0.29, 0.717) is 0 Å². The van der Waals surface area contributed by atoms with Gasteiger partial charge < -0.3 is 14.8 Å². The highest BCUT2D eigenvalue weighted by Crippen LogP contribution is 2.41. The topological polar surface area (TPSA) is 30.5 Å². The molecule has 0 aliphatic carbocycles. The Bertz CT molecular complexity index is 427. The van der Waals surface area contributed by atoms with E-state index in [9.17, 15) is 0 Å². The van der Waals surface area contributed by atoms with E-state index in [1.807, 2.05) is 12.1 Å². The summed E-state index contributed by atoms with van der Waals surface area (Å²) >= 11 is 3.64. The van der Waals surface area contributed by atoms with E-state index in [2.05, 4.69) is 48.9 Å². The van der Waals surface area contributed by atoms with Gasteiger partial charge in [-0.2, -0.15) is 0 Å². The minimum absolute atomic E-state index is 0.109. The van der Waals surface area contributed by atoms with Gasteiger partial charge in [0.25, 0.3) is 0 Å². The lowest BCUT2D eigenvalue weighted by molar-refractivity contribution is 0.274. The zero-order chi connectivity index (χ0) is 14.6. The first-order valence-electron chi connectivity index (χ1n) is 6.50. The van der Waals surface area contributed by atoms with E-state index in [0.717, 1.165) is 22.5 Å². The third-order valence-electron chi connectivity index (χ3n) is 3.09. The highest BCUT2D eigenvalue weighted by atomic mass is 79.9. The minimum Gasteiger partial charge on any atom is -0.493 e. The molecule has 0 spiro atoms. The van der Waals surface area contributed by atoms with Crippen LogP contribution < -0.4 is 14.8 Å². The van der Waals surface area contributed by atoms with Crippen LogP contribution in [-0.2, 0) is 0 Å². The van der Waals surface area contributed by atoms with Gasteiger partial charge in [0.2, 0.25) is 0 Å². The summed E-state index contributed by atoms with van der Waals surface area (Å²) in [5.41, 5.74) is 1.30. The van der Waals surface area contributed by atoms with E-state index in [4.69, 9.17) is 9.47 Å². The van der Waals surface area contributed by atoms with Gasteiger partial charge in [-0.05, 0) is 29.7 Å². The molecule has 1 unspecified atom stereocenters. The molecule has 0 aromatic heterocycles. The average Bonchev–Trinajstić information content (AvgIpc) is 2.34. The summed E-state index contributed by atoms with van der Waals surface area (Å²) in [5, 5.41) is 3.54. The molecule has 1 atom stereocenters. The number of hydrogen-bond donors (Lipinski definition) is 1. The van der Waals surface area contributed by atoms with Crippen molar-refractivity contribution >= 4 is 15.9 Å². The fourth-order valence-corrected chi connectivity index (χ4v) is 2.73. The van der Waals surface area contributed by atoms with E-state index >= 15 is 0 Å². The molecule has 0 aliphatic rings. The van der Waals surface area contributed by atoms with E-state index < -0.39 is 0 Å². The monoisotopic (exact) mass is 329 g/mol. The number of nitrogens with one attached hydrogen (secondary N) is 1. The summed E-state index contributed by atoms with van der Waals surface area (Å²) in [6.45, 7) is 9.71. The molecular weight excluding hydrogens is 306 g/mol. The highest BCUT2D eigenvalue weighted by Gasteiger charge is 2.28. The van der Waals surface area contributed by atoms with Gasteiger partial charge in [-0.1, -0.05) is 43.6 Å². The standard InChI is InChI=1S/C15H24BrNO2/c1-7-17-14(15(2,3)4)10-8-12(18-5)13(19-6)9-11(10)16/h8-9,14,17H,7H2,1-6H3. The van der Waals surface area contributed by atoms with E-state index in [1.54, 1.807) is 14.2 Å². The van der Waals surface area contributed by atoms with Crippen molar-refractivity contribution in [2.45, 2.75) is 33.7 Å². The number of benzene rings is 1. The highest BCUT2D eigenvalue weighted by molar-refractivity contribution is 9.10. The Hall–Kier alpha value is -0.740. The predicted molar refractivity (Wildman–Crippen MR) is 83.1 cm³/mol.